The average Bonchev–Trinajstić information content (AvgIpc) is 2.60. The quantitative estimate of drug-likeness (QED) is 0.726. The van der Waals surface area contributed by atoms with E-state index in [1.807, 2.05) is 4.68 Å². The van der Waals surface area contributed by atoms with Crippen molar-refractivity contribution in [2.75, 3.05) is 0 Å². The summed E-state index contributed by atoms with van der Waals surface area (Å²) in [5.74, 6) is 0. The second-order valence-electron chi connectivity index (χ2n) is 5.67. The van der Waals surface area contributed by atoms with E-state index < -0.39 is 0 Å². The van der Waals surface area contributed by atoms with Crippen molar-refractivity contribution in [3.8, 4) is 5.69 Å². The number of aryl methyl sites for hydroxylation is 2. The van der Waals surface area contributed by atoms with Gasteiger partial charge in [-0.1, -0.05) is 32.9 Å². The molecule has 0 aliphatic heterocycles. The van der Waals surface area contributed by atoms with Crippen LogP contribution in [0.25, 0.3) is 5.69 Å². The molecule has 0 N–H and O–H groups in total. The minimum atomic E-state index is 0.0971. The van der Waals surface area contributed by atoms with Gasteiger partial charge in [-0.05, 0) is 37.6 Å². The van der Waals surface area contributed by atoms with Crippen LogP contribution in [0.2, 0.25) is 0 Å². The molecule has 2 heteroatoms. The summed E-state index contributed by atoms with van der Waals surface area (Å²) < 4.78 is 2.02. The molecule has 0 atom stereocenters. The van der Waals surface area contributed by atoms with E-state index in [1.54, 1.807) is 0 Å². The van der Waals surface area contributed by atoms with Crippen LogP contribution in [0.4, 0.5) is 0 Å². The first-order chi connectivity index (χ1) is 7.88. The number of benzene rings is 1. The topological polar surface area (TPSA) is 17.8 Å². The van der Waals surface area contributed by atoms with Crippen molar-refractivity contribution in [3.63, 3.8) is 0 Å². The zero-order valence-corrected chi connectivity index (χ0v) is 11.3. The number of rotatable bonds is 1. The zero-order chi connectivity index (χ0) is 12.6. The number of aromatic nitrogens is 2. The van der Waals surface area contributed by atoms with Crippen molar-refractivity contribution in [2.24, 2.45) is 0 Å². The second kappa shape index (κ2) is 4.02. The highest BCUT2D eigenvalue weighted by molar-refractivity contribution is 5.37. The number of nitrogens with zero attached hydrogens (tertiary/aromatic N) is 2. The van der Waals surface area contributed by atoms with E-state index in [0.717, 1.165) is 11.4 Å². The molecule has 0 fully saturated rings. The minimum Gasteiger partial charge on any atom is -0.238 e. The normalized spacial score (nSPS) is 11.8. The minimum absolute atomic E-state index is 0.0971. The Kier molecular flexibility index (Phi) is 2.82. The van der Waals surface area contributed by atoms with E-state index in [2.05, 4.69) is 65.0 Å². The Morgan fingerprint density at radius 2 is 1.76 bits per heavy atom. The molecule has 2 aromatic rings. The van der Waals surface area contributed by atoms with Crippen LogP contribution >= 0.6 is 0 Å². The van der Waals surface area contributed by atoms with Crippen molar-refractivity contribution in [3.05, 3.63) is 47.3 Å². The molecule has 0 aliphatic rings. The van der Waals surface area contributed by atoms with Gasteiger partial charge in [0.1, 0.15) is 0 Å². The van der Waals surface area contributed by atoms with Gasteiger partial charge in [-0.3, -0.25) is 0 Å². The molecule has 0 saturated heterocycles. The second-order valence-corrected chi connectivity index (χ2v) is 5.67. The van der Waals surface area contributed by atoms with Crippen LogP contribution in [0.15, 0.2) is 30.3 Å². The molecule has 1 aromatic heterocycles. The number of hydrogen-bond donors (Lipinski definition) is 0. The SMILES string of the molecule is Cc1cccc(-n2nc(C(C)(C)C)cc2C)c1. The maximum atomic E-state index is 4.71. The van der Waals surface area contributed by atoms with Crippen LogP contribution in [-0.2, 0) is 5.41 Å². The Hall–Kier alpha value is -1.57. The summed E-state index contributed by atoms with van der Waals surface area (Å²) in [4.78, 5) is 0. The molecule has 0 saturated carbocycles. The molecule has 0 amide bonds. The standard InChI is InChI=1S/C15H20N2/c1-11-7-6-8-13(9-11)17-12(2)10-14(16-17)15(3,4)5/h6-10H,1-5H3. The van der Waals surface area contributed by atoms with E-state index in [4.69, 9.17) is 5.10 Å². The highest BCUT2D eigenvalue weighted by Gasteiger charge is 2.18. The molecule has 0 radical (unpaired) electrons. The van der Waals surface area contributed by atoms with Crippen molar-refractivity contribution >= 4 is 0 Å². The summed E-state index contributed by atoms with van der Waals surface area (Å²) >= 11 is 0. The van der Waals surface area contributed by atoms with Gasteiger partial charge in [0.05, 0.1) is 11.4 Å². The van der Waals surface area contributed by atoms with Crippen LogP contribution in [0, 0.1) is 13.8 Å². The van der Waals surface area contributed by atoms with Gasteiger partial charge in [0.15, 0.2) is 0 Å². The first-order valence-electron chi connectivity index (χ1n) is 6.02. The van der Waals surface area contributed by atoms with E-state index in [-0.39, 0.29) is 5.41 Å². The predicted octanol–water partition coefficient (Wildman–Crippen LogP) is 3.79. The Balaban J connectivity index is 2.50. The lowest BCUT2D eigenvalue weighted by molar-refractivity contribution is 0.560. The maximum absolute atomic E-state index is 4.71. The molecule has 17 heavy (non-hydrogen) atoms. The smallest absolute Gasteiger partial charge is 0.0685 e. The van der Waals surface area contributed by atoms with Gasteiger partial charge in [0.2, 0.25) is 0 Å². The third-order valence-corrected chi connectivity index (χ3v) is 2.90. The molecule has 0 unspecified atom stereocenters. The number of hydrogen-bond acceptors (Lipinski definition) is 1. The van der Waals surface area contributed by atoms with Crippen LogP contribution in [-0.4, -0.2) is 9.78 Å². The molecule has 0 bridgehead atoms. The Bertz CT molecular complexity index is 530. The monoisotopic (exact) mass is 228 g/mol. The van der Waals surface area contributed by atoms with Gasteiger partial charge >= 0.3 is 0 Å². The van der Waals surface area contributed by atoms with Crippen molar-refractivity contribution in [1.29, 1.82) is 0 Å². The first-order valence-corrected chi connectivity index (χ1v) is 6.02. The average molecular weight is 228 g/mol. The Morgan fingerprint density at radius 3 is 2.29 bits per heavy atom. The summed E-state index contributed by atoms with van der Waals surface area (Å²) in [5.41, 5.74) is 4.81. The van der Waals surface area contributed by atoms with E-state index in [1.165, 1.54) is 11.3 Å². The van der Waals surface area contributed by atoms with Gasteiger partial charge in [-0.2, -0.15) is 5.10 Å². The van der Waals surface area contributed by atoms with Crippen LogP contribution in [0.1, 0.15) is 37.7 Å². The fraction of sp³-hybridized carbons (Fsp3) is 0.400. The third-order valence-electron chi connectivity index (χ3n) is 2.90. The summed E-state index contributed by atoms with van der Waals surface area (Å²) in [6.45, 7) is 10.8. The van der Waals surface area contributed by atoms with Gasteiger partial charge in [-0.15, -0.1) is 0 Å². The summed E-state index contributed by atoms with van der Waals surface area (Å²) in [6, 6.07) is 10.6. The first kappa shape index (κ1) is 11.9. The van der Waals surface area contributed by atoms with Crippen LogP contribution < -0.4 is 0 Å². The van der Waals surface area contributed by atoms with E-state index in [0.29, 0.717) is 0 Å². The highest BCUT2D eigenvalue weighted by Crippen LogP contribution is 2.23. The fourth-order valence-electron chi connectivity index (χ4n) is 1.86. The lowest BCUT2D eigenvalue weighted by Crippen LogP contribution is -2.12. The molecule has 2 nitrogen and oxygen atoms in total. The predicted molar refractivity (Wildman–Crippen MR) is 71.7 cm³/mol. The zero-order valence-electron chi connectivity index (χ0n) is 11.3. The maximum Gasteiger partial charge on any atom is 0.0685 e. The summed E-state index contributed by atoms with van der Waals surface area (Å²) in [7, 11) is 0. The molecule has 1 heterocycles. The summed E-state index contributed by atoms with van der Waals surface area (Å²) in [6.07, 6.45) is 0. The Labute approximate surface area is 103 Å². The van der Waals surface area contributed by atoms with E-state index in [9.17, 15) is 0 Å². The van der Waals surface area contributed by atoms with Gasteiger partial charge in [0.25, 0.3) is 0 Å². The fourth-order valence-corrected chi connectivity index (χ4v) is 1.86. The largest absolute Gasteiger partial charge is 0.238 e. The van der Waals surface area contributed by atoms with Crippen molar-refractivity contribution < 1.29 is 0 Å². The molecule has 2 rings (SSSR count). The van der Waals surface area contributed by atoms with Gasteiger partial charge in [-0.25, -0.2) is 4.68 Å². The molecule has 0 aliphatic carbocycles. The molecule has 1 aromatic carbocycles. The molecular formula is C15H20N2. The molecule has 90 valence electrons. The molecule has 0 spiro atoms. The van der Waals surface area contributed by atoms with E-state index >= 15 is 0 Å². The third kappa shape index (κ3) is 2.41. The van der Waals surface area contributed by atoms with Gasteiger partial charge < -0.3 is 0 Å². The van der Waals surface area contributed by atoms with Gasteiger partial charge in [0, 0.05) is 11.1 Å². The van der Waals surface area contributed by atoms with Crippen molar-refractivity contribution in [1.82, 2.24) is 9.78 Å². The highest BCUT2D eigenvalue weighted by atomic mass is 15.3. The molecular weight excluding hydrogens is 208 g/mol. The summed E-state index contributed by atoms with van der Waals surface area (Å²) in [5, 5.41) is 4.71. The van der Waals surface area contributed by atoms with Crippen LogP contribution in [0.5, 0.6) is 0 Å². The lowest BCUT2D eigenvalue weighted by atomic mass is 9.92. The van der Waals surface area contributed by atoms with Crippen LogP contribution in [0.3, 0.4) is 0 Å². The van der Waals surface area contributed by atoms with Crippen molar-refractivity contribution in [2.45, 2.75) is 40.0 Å². The Morgan fingerprint density at radius 1 is 1.06 bits per heavy atom. The lowest BCUT2D eigenvalue weighted by Gasteiger charge is -2.14.